The first-order chi connectivity index (χ1) is 12.1. The number of carbonyl (C=O) groups excluding carboxylic acids is 3. The number of primary amides is 1. The van der Waals surface area contributed by atoms with Crippen LogP contribution in [0.2, 0.25) is 0 Å². The fraction of sp³-hybridized carbons (Fsp3) is 0.474. The van der Waals surface area contributed by atoms with Gasteiger partial charge in [0, 0.05) is 24.1 Å². The van der Waals surface area contributed by atoms with E-state index in [9.17, 15) is 14.4 Å². The lowest BCUT2D eigenvalue weighted by Crippen LogP contribution is -2.45. The van der Waals surface area contributed by atoms with Gasteiger partial charge in [0.25, 0.3) is 5.91 Å². The Kier molecular flexibility index (Phi) is 5.66. The van der Waals surface area contributed by atoms with E-state index >= 15 is 0 Å². The Morgan fingerprint density at radius 2 is 2.08 bits per heavy atom. The minimum atomic E-state index is -0.883. The lowest BCUT2D eigenvalue weighted by Gasteiger charge is -2.25. The summed E-state index contributed by atoms with van der Waals surface area (Å²) in [7, 11) is 0. The number of ether oxygens (including phenoxy) is 1. The third-order valence-corrected chi connectivity index (χ3v) is 4.01. The molecule has 7 nitrogen and oxygen atoms in total. The van der Waals surface area contributed by atoms with Gasteiger partial charge in [0.2, 0.25) is 12.5 Å². The van der Waals surface area contributed by atoms with Crippen LogP contribution >= 0.6 is 0 Å². The molecule has 2 rings (SSSR count). The van der Waals surface area contributed by atoms with E-state index in [2.05, 4.69) is 4.85 Å². The zero-order valence-electron chi connectivity index (χ0n) is 15.2. The van der Waals surface area contributed by atoms with Crippen LogP contribution in [0.25, 0.3) is 4.85 Å². The number of hydrogen-bond donors (Lipinski definition) is 1. The molecular weight excluding hydrogens is 334 g/mol. The van der Waals surface area contributed by atoms with Gasteiger partial charge in [-0.3, -0.25) is 14.4 Å². The van der Waals surface area contributed by atoms with Crippen LogP contribution in [0.3, 0.4) is 0 Å². The molecule has 1 atom stereocenters. The van der Waals surface area contributed by atoms with E-state index in [4.69, 9.17) is 17.0 Å². The maximum Gasteiger partial charge on any atom is 0.306 e. The molecule has 1 aliphatic heterocycles. The maximum atomic E-state index is 12.6. The summed E-state index contributed by atoms with van der Waals surface area (Å²) >= 11 is 0. The van der Waals surface area contributed by atoms with Gasteiger partial charge in [-0.1, -0.05) is 6.07 Å². The normalized spacial score (nSPS) is 14.5. The van der Waals surface area contributed by atoms with Gasteiger partial charge < -0.3 is 20.2 Å². The summed E-state index contributed by atoms with van der Waals surface area (Å²) < 4.78 is 5.24. The summed E-state index contributed by atoms with van der Waals surface area (Å²) in [5.41, 5.74) is 6.95. The molecule has 1 heterocycles. The molecule has 0 aromatic heterocycles. The monoisotopic (exact) mass is 357 g/mol. The van der Waals surface area contributed by atoms with E-state index in [1.54, 1.807) is 39.0 Å². The first-order valence-corrected chi connectivity index (χ1v) is 8.39. The van der Waals surface area contributed by atoms with E-state index in [1.165, 1.54) is 4.90 Å². The second-order valence-electron chi connectivity index (χ2n) is 7.28. The van der Waals surface area contributed by atoms with E-state index in [-0.39, 0.29) is 31.8 Å². The first-order valence-electron chi connectivity index (χ1n) is 8.39. The molecule has 1 unspecified atom stereocenters. The van der Waals surface area contributed by atoms with E-state index < -0.39 is 23.5 Å². The van der Waals surface area contributed by atoms with E-state index in [0.29, 0.717) is 5.56 Å². The molecule has 0 bridgehead atoms. The Morgan fingerprint density at radius 3 is 2.65 bits per heavy atom. The molecule has 0 aliphatic carbocycles. The molecule has 7 heteroatoms. The average Bonchev–Trinajstić information content (AvgIpc) is 2.82. The van der Waals surface area contributed by atoms with Crippen LogP contribution in [0.1, 0.15) is 55.1 Å². The summed E-state index contributed by atoms with van der Waals surface area (Å²) in [6, 6.07) is 4.33. The van der Waals surface area contributed by atoms with Crippen molar-refractivity contribution in [1.82, 2.24) is 4.90 Å². The van der Waals surface area contributed by atoms with Crippen LogP contribution in [-0.4, -0.2) is 34.3 Å². The van der Waals surface area contributed by atoms with Gasteiger partial charge >= 0.3 is 5.97 Å². The highest BCUT2D eigenvalue weighted by Gasteiger charge is 2.36. The highest BCUT2D eigenvalue weighted by atomic mass is 16.6. The second-order valence-corrected chi connectivity index (χ2v) is 7.28. The Hall–Kier alpha value is -2.88. The number of esters is 1. The van der Waals surface area contributed by atoms with Crippen LogP contribution in [0.4, 0.5) is 0 Å². The van der Waals surface area contributed by atoms with Crippen LogP contribution < -0.4 is 5.73 Å². The SMILES string of the molecule is [C-]#[N+]Cc1ccc2c(c1)CN(C(CCC(=O)OC(C)(C)C)C(N)=O)C2=O. The smallest absolute Gasteiger partial charge is 0.306 e. The van der Waals surface area contributed by atoms with Crippen molar-refractivity contribution in [2.75, 3.05) is 0 Å². The highest BCUT2D eigenvalue weighted by Crippen LogP contribution is 2.27. The van der Waals surface area contributed by atoms with Crippen LogP contribution in [0.15, 0.2) is 18.2 Å². The molecular formula is C19H23N3O4. The summed E-state index contributed by atoms with van der Waals surface area (Å²) in [5.74, 6) is -1.38. The van der Waals surface area contributed by atoms with Crippen molar-refractivity contribution >= 4 is 17.8 Å². The predicted molar refractivity (Wildman–Crippen MR) is 94.7 cm³/mol. The van der Waals surface area contributed by atoms with E-state index in [1.807, 2.05) is 0 Å². The zero-order valence-corrected chi connectivity index (χ0v) is 15.2. The molecule has 1 aliphatic rings. The van der Waals surface area contributed by atoms with Crippen LogP contribution in [0.5, 0.6) is 0 Å². The molecule has 0 fully saturated rings. The maximum absolute atomic E-state index is 12.6. The van der Waals surface area contributed by atoms with Gasteiger partial charge in [0.1, 0.15) is 11.6 Å². The average molecular weight is 357 g/mol. The lowest BCUT2D eigenvalue weighted by molar-refractivity contribution is -0.155. The number of hydrogen-bond acceptors (Lipinski definition) is 4. The minimum Gasteiger partial charge on any atom is -0.460 e. The Balaban J connectivity index is 2.11. The fourth-order valence-corrected chi connectivity index (χ4v) is 2.94. The van der Waals surface area contributed by atoms with Gasteiger partial charge in [-0.2, -0.15) is 0 Å². The number of amides is 2. The Morgan fingerprint density at radius 1 is 1.38 bits per heavy atom. The third-order valence-electron chi connectivity index (χ3n) is 4.01. The predicted octanol–water partition coefficient (Wildman–Crippen LogP) is 2.04. The quantitative estimate of drug-likeness (QED) is 0.623. The van der Waals surface area contributed by atoms with Crippen LogP contribution in [0, 0.1) is 6.57 Å². The third kappa shape index (κ3) is 4.60. The molecule has 0 spiro atoms. The standard InChI is InChI=1S/C19H23N3O4/c1-19(2,3)26-16(23)8-7-15(17(20)24)22-11-13-9-12(10-21-4)5-6-14(13)18(22)25/h5-6,9,15H,7-8,10-11H2,1-3H3,(H2,20,24). The number of nitrogens with zero attached hydrogens (tertiary/aromatic N) is 2. The molecule has 0 saturated heterocycles. The van der Waals surface area contributed by atoms with Crippen LogP contribution in [-0.2, 0) is 27.4 Å². The minimum absolute atomic E-state index is 0.00598. The molecule has 1 aromatic rings. The summed E-state index contributed by atoms with van der Waals surface area (Å²) in [5, 5.41) is 0. The second kappa shape index (κ2) is 7.56. The van der Waals surface area contributed by atoms with E-state index in [0.717, 1.165) is 11.1 Å². The van der Waals surface area contributed by atoms with Crippen molar-refractivity contribution in [1.29, 1.82) is 0 Å². The number of carbonyl (C=O) groups is 3. The van der Waals surface area contributed by atoms with Crippen molar-refractivity contribution < 1.29 is 19.1 Å². The number of fused-ring (bicyclic) bond motifs is 1. The Bertz CT molecular complexity index is 774. The van der Waals surface area contributed by atoms with Crippen molar-refractivity contribution in [2.24, 2.45) is 5.73 Å². The lowest BCUT2D eigenvalue weighted by atomic mass is 10.1. The highest BCUT2D eigenvalue weighted by molar-refractivity contribution is 6.01. The van der Waals surface area contributed by atoms with Crippen molar-refractivity contribution in [3.05, 3.63) is 46.3 Å². The molecule has 2 amide bonds. The van der Waals surface area contributed by atoms with Gasteiger partial charge in [-0.05, 0) is 44.9 Å². The summed E-state index contributed by atoms with van der Waals surface area (Å²) in [6.45, 7) is 12.7. The van der Waals surface area contributed by atoms with Crippen molar-refractivity contribution in [2.45, 2.75) is 58.3 Å². The fourth-order valence-electron chi connectivity index (χ4n) is 2.94. The number of benzene rings is 1. The molecule has 1 aromatic carbocycles. The molecule has 0 radical (unpaired) electrons. The van der Waals surface area contributed by atoms with Crippen molar-refractivity contribution in [3.63, 3.8) is 0 Å². The summed E-state index contributed by atoms with van der Waals surface area (Å²) in [4.78, 5) is 41.1. The largest absolute Gasteiger partial charge is 0.460 e. The summed E-state index contributed by atoms with van der Waals surface area (Å²) in [6.07, 6.45) is 0.104. The Labute approximate surface area is 152 Å². The number of rotatable bonds is 6. The molecule has 26 heavy (non-hydrogen) atoms. The molecule has 0 saturated carbocycles. The molecule has 2 N–H and O–H groups in total. The van der Waals surface area contributed by atoms with Gasteiger partial charge in [0.15, 0.2) is 0 Å². The van der Waals surface area contributed by atoms with Gasteiger partial charge in [-0.15, -0.1) is 0 Å². The van der Waals surface area contributed by atoms with Gasteiger partial charge in [-0.25, -0.2) is 6.57 Å². The number of nitrogens with two attached hydrogens (primary N) is 1. The van der Waals surface area contributed by atoms with Crippen molar-refractivity contribution in [3.8, 4) is 0 Å². The first kappa shape index (κ1) is 19.4. The van der Waals surface area contributed by atoms with Gasteiger partial charge in [0.05, 0.1) is 0 Å². The zero-order chi connectivity index (χ0) is 19.5. The topological polar surface area (TPSA) is 94.1 Å². The molecule has 138 valence electrons.